The van der Waals surface area contributed by atoms with Gasteiger partial charge in [0.15, 0.2) is 0 Å². The van der Waals surface area contributed by atoms with Crippen LogP contribution in [0.4, 0.5) is 0 Å². The lowest BCUT2D eigenvalue weighted by Gasteiger charge is -2.13. The van der Waals surface area contributed by atoms with Crippen molar-refractivity contribution in [2.75, 3.05) is 0 Å². The van der Waals surface area contributed by atoms with E-state index in [0.29, 0.717) is 10.2 Å². The Morgan fingerprint density at radius 2 is 2.21 bits per heavy atom. The predicted molar refractivity (Wildman–Crippen MR) is 56.1 cm³/mol. The van der Waals surface area contributed by atoms with Crippen molar-refractivity contribution < 1.29 is 9.90 Å². The van der Waals surface area contributed by atoms with Gasteiger partial charge in [0, 0.05) is 7.05 Å². The summed E-state index contributed by atoms with van der Waals surface area (Å²) in [6.45, 7) is 3.60. The number of carbonyl (C=O) groups excluding carboxylic acids is 1. The number of Topliss-reactive ketones (excluding diaryl/α,β-unsaturated/α-hetero) is 1. The molecule has 0 radical (unpaired) electrons. The van der Waals surface area contributed by atoms with Crippen molar-refractivity contribution in [1.82, 2.24) is 9.78 Å². The Kier molecular flexibility index (Phi) is 3.44. The van der Waals surface area contributed by atoms with Crippen molar-refractivity contribution in [1.29, 1.82) is 0 Å². The zero-order chi connectivity index (χ0) is 10.9. The molecule has 14 heavy (non-hydrogen) atoms. The number of carbonyl (C=O) groups is 1. The van der Waals surface area contributed by atoms with Crippen molar-refractivity contribution >= 4 is 21.7 Å². The molecule has 0 bridgehead atoms. The molecular weight excluding hydrogens is 248 g/mol. The van der Waals surface area contributed by atoms with Gasteiger partial charge in [-0.2, -0.15) is 5.10 Å². The Bertz CT molecular complexity index is 327. The van der Waals surface area contributed by atoms with E-state index in [0.717, 1.165) is 0 Å². The Balaban J connectivity index is 3.00. The highest BCUT2D eigenvalue weighted by Gasteiger charge is 2.25. The second-order valence-electron chi connectivity index (χ2n) is 3.52. The minimum Gasteiger partial charge on any atom is -0.385 e. The molecule has 0 amide bonds. The molecule has 0 aliphatic rings. The summed E-state index contributed by atoms with van der Waals surface area (Å²) < 4.78 is 2.07. The Morgan fingerprint density at radius 3 is 2.57 bits per heavy atom. The molecule has 0 saturated heterocycles. The van der Waals surface area contributed by atoms with Crippen LogP contribution in [0.3, 0.4) is 0 Å². The van der Waals surface area contributed by atoms with Crippen molar-refractivity contribution in [2.45, 2.75) is 20.0 Å². The summed E-state index contributed by atoms with van der Waals surface area (Å²) in [6.07, 6.45) is 0.571. The fraction of sp³-hybridized carbons (Fsp3) is 0.556. The zero-order valence-electron chi connectivity index (χ0n) is 8.36. The first kappa shape index (κ1) is 11.4. The number of nitrogens with zero attached hydrogens (tertiary/aromatic N) is 2. The van der Waals surface area contributed by atoms with Crippen LogP contribution in [-0.2, 0) is 7.05 Å². The summed E-state index contributed by atoms with van der Waals surface area (Å²) in [4.78, 5) is 11.7. The molecule has 78 valence electrons. The second-order valence-corrected chi connectivity index (χ2v) is 4.37. The fourth-order valence-electron chi connectivity index (χ4n) is 1.13. The molecule has 0 aliphatic carbocycles. The molecule has 0 aromatic carbocycles. The van der Waals surface area contributed by atoms with Gasteiger partial charge >= 0.3 is 0 Å². The number of halogens is 1. The topological polar surface area (TPSA) is 55.1 Å². The first-order valence-corrected chi connectivity index (χ1v) is 5.14. The third-order valence-electron chi connectivity index (χ3n) is 2.03. The smallest absolute Gasteiger partial charge is 0.210 e. The molecule has 0 spiro atoms. The minimum atomic E-state index is -0.971. The first-order chi connectivity index (χ1) is 6.45. The van der Waals surface area contributed by atoms with Gasteiger partial charge in [-0.05, 0) is 21.8 Å². The van der Waals surface area contributed by atoms with Crippen LogP contribution in [0.2, 0.25) is 0 Å². The summed E-state index contributed by atoms with van der Waals surface area (Å²) >= 11 is 3.22. The number of aryl methyl sites for hydroxylation is 1. The zero-order valence-corrected chi connectivity index (χ0v) is 9.95. The molecule has 1 unspecified atom stereocenters. The maximum Gasteiger partial charge on any atom is 0.210 e. The van der Waals surface area contributed by atoms with Crippen molar-refractivity contribution in [3.8, 4) is 0 Å². The maximum absolute atomic E-state index is 11.7. The molecule has 0 aliphatic heterocycles. The van der Waals surface area contributed by atoms with Crippen LogP contribution >= 0.6 is 15.9 Å². The van der Waals surface area contributed by atoms with E-state index in [1.807, 2.05) is 0 Å². The summed E-state index contributed by atoms with van der Waals surface area (Å²) in [7, 11) is 1.67. The van der Waals surface area contributed by atoms with Crippen LogP contribution in [0.1, 0.15) is 24.3 Å². The van der Waals surface area contributed by atoms with Gasteiger partial charge in [-0.1, -0.05) is 13.8 Å². The quantitative estimate of drug-likeness (QED) is 0.836. The highest BCUT2D eigenvalue weighted by atomic mass is 79.9. The van der Waals surface area contributed by atoms with Crippen LogP contribution in [0, 0.1) is 5.92 Å². The van der Waals surface area contributed by atoms with Gasteiger partial charge in [-0.3, -0.25) is 9.48 Å². The van der Waals surface area contributed by atoms with Gasteiger partial charge < -0.3 is 5.11 Å². The minimum absolute atomic E-state index is 0.0932. The van der Waals surface area contributed by atoms with E-state index in [9.17, 15) is 9.90 Å². The fourth-order valence-corrected chi connectivity index (χ4v) is 1.67. The molecular formula is C9H13BrN2O2. The van der Waals surface area contributed by atoms with E-state index in [-0.39, 0.29) is 11.7 Å². The number of rotatable bonds is 3. The lowest BCUT2D eigenvalue weighted by Crippen LogP contribution is -2.28. The lowest BCUT2D eigenvalue weighted by atomic mass is 10.0. The second kappa shape index (κ2) is 4.23. The molecule has 4 nitrogen and oxygen atoms in total. The van der Waals surface area contributed by atoms with Gasteiger partial charge in [0.2, 0.25) is 5.78 Å². The van der Waals surface area contributed by atoms with Gasteiger partial charge in [-0.15, -0.1) is 0 Å². The van der Waals surface area contributed by atoms with Crippen molar-refractivity contribution in [3.63, 3.8) is 0 Å². The largest absolute Gasteiger partial charge is 0.385 e. The predicted octanol–water partition coefficient (Wildman–Crippen LogP) is 1.38. The summed E-state index contributed by atoms with van der Waals surface area (Å²) in [5, 5.41) is 13.5. The van der Waals surface area contributed by atoms with Crippen LogP contribution < -0.4 is 0 Å². The SMILES string of the molecule is CC(C)C(O)C(=O)c1c(Br)cnn1C. The van der Waals surface area contributed by atoms with Gasteiger partial charge in [0.1, 0.15) is 11.8 Å². The van der Waals surface area contributed by atoms with Crippen LogP contribution in [0.5, 0.6) is 0 Å². The van der Waals surface area contributed by atoms with E-state index in [1.54, 1.807) is 27.1 Å². The highest BCUT2D eigenvalue weighted by molar-refractivity contribution is 9.10. The van der Waals surface area contributed by atoms with E-state index >= 15 is 0 Å². The number of hydrogen-bond donors (Lipinski definition) is 1. The molecule has 1 heterocycles. The Hall–Kier alpha value is -0.680. The van der Waals surface area contributed by atoms with Crippen molar-refractivity contribution in [3.05, 3.63) is 16.4 Å². The average Bonchev–Trinajstić information content (AvgIpc) is 2.44. The van der Waals surface area contributed by atoms with E-state index in [2.05, 4.69) is 21.0 Å². The molecule has 1 atom stereocenters. The monoisotopic (exact) mass is 260 g/mol. The van der Waals surface area contributed by atoms with Gasteiger partial charge in [0.05, 0.1) is 10.7 Å². The van der Waals surface area contributed by atoms with Gasteiger partial charge in [0.25, 0.3) is 0 Å². The number of aliphatic hydroxyl groups is 1. The first-order valence-electron chi connectivity index (χ1n) is 4.35. The standard InChI is InChI=1S/C9H13BrN2O2/c1-5(2)8(13)9(14)7-6(10)4-11-12(7)3/h4-5,8,13H,1-3H3. The van der Waals surface area contributed by atoms with Crippen LogP contribution in [-0.4, -0.2) is 26.8 Å². The molecule has 1 rings (SSSR count). The third kappa shape index (κ3) is 2.04. The highest BCUT2D eigenvalue weighted by Crippen LogP contribution is 2.18. The molecule has 1 aromatic rings. The number of ketones is 1. The average molecular weight is 261 g/mol. The Labute approximate surface area is 91.1 Å². The number of aliphatic hydroxyl groups excluding tert-OH is 1. The summed E-state index contributed by atoms with van der Waals surface area (Å²) in [5.74, 6) is -0.392. The maximum atomic E-state index is 11.7. The molecule has 1 N–H and O–H groups in total. The van der Waals surface area contributed by atoms with E-state index in [1.165, 1.54) is 4.68 Å². The normalized spacial score (nSPS) is 13.3. The number of aromatic nitrogens is 2. The van der Waals surface area contributed by atoms with E-state index < -0.39 is 6.10 Å². The molecule has 5 heteroatoms. The lowest BCUT2D eigenvalue weighted by molar-refractivity contribution is 0.0636. The number of hydrogen-bond acceptors (Lipinski definition) is 3. The molecule has 0 fully saturated rings. The molecule has 1 aromatic heterocycles. The third-order valence-corrected chi connectivity index (χ3v) is 2.61. The summed E-state index contributed by atoms with van der Waals surface area (Å²) in [5.41, 5.74) is 0.409. The van der Waals surface area contributed by atoms with Crippen LogP contribution in [0.15, 0.2) is 10.7 Å². The Morgan fingerprint density at radius 1 is 1.64 bits per heavy atom. The molecule has 0 saturated carbocycles. The van der Waals surface area contributed by atoms with E-state index in [4.69, 9.17) is 0 Å². The van der Waals surface area contributed by atoms with Gasteiger partial charge in [-0.25, -0.2) is 0 Å². The van der Waals surface area contributed by atoms with Crippen molar-refractivity contribution in [2.24, 2.45) is 13.0 Å². The summed E-state index contributed by atoms with van der Waals surface area (Å²) in [6, 6.07) is 0. The van der Waals surface area contributed by atoms with Crippen LogP contribution in [0.25, 0.3) is 0 Å².